The van der Waals surface area contributed by atoms with E-state index < -0.39 is 0 Å². The fourth-order valence-electron chi connectivity index (χ4n) is 4.34. The van der Waals surface area contributed by atoms with Gasteiger partial charge < -0.3 is 4.90 Å². The van der Waals surface area contributed by atoms with Crippen LogP contribution < -0.4 is 4.90 Å². The van der Waals surface area contributed by atoms with E-state index in [2.05, 4.69) is 99.1 Å². The van der Waals surface area contributed by atoms with Crippen LogP contribution in [0.5, 0.6) is 0 Å². The fourth-order valence-corrected chi connectivity index (χ4v) is 5.34. The molecule has 0 N–H and O–H groups in total. The van der Waals surface area contributed by atoms with Crippen LogP contribution in [-0.4, -0.2) is 23.6 Å². The second-order valence-electron chi connectivity index (χ2n) is 7.75. The monoisotopic (exact) mass is 476 g/mol. The van der Waals surface area contributed by atoms with Gasteiger partial charge in [0.15, 0.2) is 0 Å². The molecule has 2 aromatic rings. The largest absolute Gasteiger partial charge is 0.332 e. The van der Waals surface area contributed by atoms with Crippen molar-refractivity contribution in [3.05, 3.63) is 93.2 Å². The average Bonchev–Trinajstić information content (AvgIpc) is 3.27. The third kappa shape index (κ3) is 3.57. The van der Waals surface area contributed by atoms with Crippen molar-refractivity contribution >= 4 is 50.1 Å². The minimum Gasteiger partial charge on any atom is -0.332 e. The molecule has 3 aliphatic rings. The molecule has 0 fully saturated rings. The Hall–Kier alpha value is -2.50. The summed E-state index contributed by atoms with van der Waals surface area (Å²) >= 11 is 5.25. The van der Waals surface area contributed by atoms with E-state index in [1.165, 1.54) is 4.88 Å². The van der Waals surface area contributed by atoms with E-state index in [0.29, 0.717) is 6.42 Å². The number of nitrogens with zero attached hydrogens (tertiary/aromatic N) is 2. The van der Waals surface area contributed by atoms with Crippen LogP contribution >= 0.6 is 27.3 Å². The Labute approximate surface area is 189 Å². The Kier molecular flexibility index (Phi) is 5.17. The number of carbonyl (C=O) groups is 1. The molecule has 1 aliphatic carbocycles. The molecular formula is C25H21BrN2OS. The standard InChI is InChI=1S/C25H21BrN2OS/c1-16(29)13-23-20-14-17-5-2-3-6-21(17)27-22(20)15-24(25-7-4-12-30-25)28(23)19-10-8-18(26)9-11-19/h2-12,14-15,17,21,23H,13H2,1H3. The van der Waals surface area contributed by atoms with Crippen molar-refractivity contribution in [3.63, 3.8) is 0 Å². The van der Waals surface area contributed by atoms with Crippen molar-refractivity contribution in [3.8, 4) is 0 Å². The number of dihydropyridines is 1. The molecule has 0 bridgehead atoms. The number of allylic oxidation sites excluding steroid dienone is 3. The summed E-state index contributed by atoms with van der Waals surface area (Å²) < 4.78 is 1.04. The van der Waals surface area contributed by atoms with Crippen molar-refractivity contribution < 1.29 is 4.79 Å². The van der Waals surface area contributed by atoms with Crippen LogP contribution in [-0.2, 0) is 4.79 Å². The number of hydrogen-bond acceptors (Lipinski definition) is 4. The number of rotatable bonds is 4. The SMILES string of the molecule is CC(=O)CC1C2=CC3C=CC=CC3N=C2C=C(c2cccs2)N1c1ccc(Br)cc1. The first kappa shape index (κ1) is 19.5. The number of thiophene rings is 1. The number of ketones is 1. The first-order valence-corrected chi connectivity index (χ1v) is 11.7. The number of hydrogen-bond donors (Lipinski definition) is 0. The second kappa shape index (κ2) is 7.97. The molecule has 2 aliphatic heterocycles. The first-order valence-electron chi connectivity index (χ1n) is 10.0. The maximum Gasteiger partial charge on any atom is 0.132 e. The van der Waals surface area contributed by atoms with Gasteiger partial charge >= 0.3 is 0 Å². The zero-order chi connectivity index (χ0) is 20.7. The zero-order valence-electron chi connectivity index (χ0n) is 16.5. The van der Waals surface area contributed by atoms with Crippen molar-refractivity contribution in [2.24, 2.45) is 10.9 Å². The zero-order valence-corrected chi connectivity index (χ0v) is 18.9. The summed E-state index contributed by atoms with van der Waals surface area (Å²) in [6.45, 7) is 1.68. The van der Waals surface area contributed by atoms with Gasteiger partial charge in [-0.3, -0.25) is 9.79 Å². The molecule has 30 heavy (non-hydrogen) atoms. The molecule has 5 rings (SSSR count). The van der Waals surface area contributed by atoms with E-state index in [-0.39, 0.29) is 23.8 Å². The minimum absolute atomic E-state index is 0.0789. The molecule has 3 nitrogen and oxygen atoms in total. The Morgan fingerprint density at radius 1 is 1.17 bits per heavy atom. The molecule has 0 saturated heterocycles. The lowest BCUT2D eigenvalue weighted by atomic mass is 9.82. The summed E-state index contributed by atoms with van der Waals surface area (Å²) in [7, 11) is 0. The lowest BCUT2D eigenvalue weighted by Gasteiger charge is -2.42. The molecule has 1 aromatic heterocycles. The van der Waals surface area contributed by atoms with Crippen LogP contribution in [0, 0.1) is 5.92 Å². The summed E-state index contributed by atoms with van der Waals surface area (Å²) in [5, 5.41) is 2.09. The summed E-state index contributed by atoms with van der Waals surface area (Å²) in [6.07, 6.45) is 13.5. The lowest BCUT2D eigenvalue weighted by molar-refractivity contribution is -0.117. The Balaban J connectivity index is 1.71. The topological polar surface area (TPSA) is 32.7 Å². The molecule has 1 aromatic carbocycles. The molecule has 150 valence electrons. The number of aliphatic imine (C=N–C) groups is 1. The summed E-state index contributed by atoms with van der Waals surface area (Å²) in [5.41, 5.74) is 4.32. The predicted octanol–water partition coefficient (Wildman–Crippen LogP) is 6.21. The summed E-state index contributed by atoms with van der Waals surface area (Å²) in [4.78, 5) is 20.9. The van der Waals surface area contributed by atoms with Crippen LogP contribution in [0.3, 0.4) is 0 Å². The summed E-state index contributed by atoms with van der Waals surface area (Å²) in [6, 6.07) is 12.6. The Morgan fingerprint density at radius 3 is 2.70 bits per heavy atom. The number of halogens is 1. The van der Waals surface area contributed by atoms with Crippen LogP contribution in [0.25, 0.3) is 5.70 Å². The van der Waals surface area contributed by atoms with E-state index in [0.717, 1.165) is 27.1 Å². The van der Waals surface area contributed by atoms with Gasteiger partial charge in [0.25, 0.3) is 0 Å². The molecule has 0 radical (unpaired) electrons. The quantitative estimate of drug-likeness (QED) is 0.525. The smallest absolute Gasteiger partial charge is 0.132 e. The number of benzene rings is 1. The van der Waals surface area contributed by atoms with Gasteiger partial charge in [-0.15, -0.1) is 11.3 Å². The lowest BCUT2D eigenvalue weighted by Crippen LogP contribution is -2.44. The van der Waals surface area contributed by atoms with Gasteiger partial charge in [0.2, 0.25) is 0 Å². The minimum atomic E-state index is -0.0789. The molecular weight excluding hydrogens is 456 g/mol. The highest BCUT2D eigenvalue weighted by molar-refractivity contribution is 9.10. The number of anilines is 1. The molecule has 0 spiro atoms. The maximum atomic E-state index is 12.4. The predicted molar refractivity (Wildman–Crippen MR) is 129 cm³/mol. The first-order chi connectivity index (χ1) is 14.6. The van der Waals surface area contributed by atoms with Crippen molar-refractivity contribution in [2.75, 3.05) is 4.90 Å². The van der Waals surface area contributed by atoms with Crippen molar-refractivity contribution in [1.29, 1.82) is 0 Å². The van der Waals surface area contributed by atoms with E-state index in [9.17, 15) is 4.79 Å². The highest BCUT2D eigenvalue weighted by Crippen LogP contribution is 2.41. The van der Waals surface area contributed by atoms with Crippen molar-refractivity contribution in [2.45, 2.75) is 25.4 Å². The molecule has 3 heterocycles. The molecule has 3 atom stereocenters. The van der Waals surface area contributed by atoms with Crippen molar-refractivity contribution in [1.82, 2.24) is 0 Å². The maximum absolute atomic E-state index is 12.4. The second-order valence-corrected chi connectivity index (χ2v) is 9.61. The van der Waals surface area contributed by atoms with Gasteiger partial charge in [-0.25, -0.2) is 0 Å². The van der Waals surface area contributed by atoms with E-state index in [1.807, 2.05) is 0 Å². The van der Waals surface area contributed by atoms with E-state index in [4.69, 9.17) is 4.99 Å². The van der Waals surface area contributed by atoms with Gasteiger partial charge in [0.1, 0.15) is 5.78 Å². The van der Waals surface area contributed by atoms with E-state index >= 15 is 0 Å². The number of Topliss-reactive ketones (excluding diaryl/α,β-unsaturated/α-hetero) is 1. The Morgan fingerprint density at radius 2 is 1.97 bits per heavy atom. The van der Waals surface area contributed by atoms with Crippen LogP contribution in [0.4, 0.5) is 5.69 Å². The highest BCUT2D eigenvalue weighted by atomic mass is 79.9. The van der Waals surface area contributed by atoms with Crippen LogP contribution in [0.15, 0.2) is 93.3 Å². The van der Waals surface area contributed by atoms with Crippen LogP contribution in [0.2, 0.25) is 0 Å². The number of fused-ring (bicyclic) bond motifs is 2. The number of carbonyl (C=O) groups excluding carboxylic acids is 1. The van der Waals surface area contributed by atoms with E-state index in [1.54, 1.807) is 18.3 Å². The third-order valence-electron chi connectivity index (χ3n) is 5.67. The Bertz CT molecular complexity index is 1120. The van der Waals surface area contributed by atoms with Gasteiger partial charge in [-0.05, 0) is 54.3 Å². The van der Waals surface area contributed by atoms with Gasteiger partial charge in [0, 0.05) is 22.5 Å². The molecule has 0 saturated carbocycles. The summed E-state index contributed by atoms with van der Waals surface area (Å²) in [5.74, 6) is 0.419. The van der Waals surface area contributed by atoms with Gasteiger partial charge in [-0.2, -0.15) is 0 Å². The van der Waals surface area contributed by atoms with Crippen LogP contribution in [0.1, 0.15) is 18.2 Å². The van der Waals surface area contributed by atoms with Gasteiger partial charge in [-0.1, -0.05) is 52.4 Å². The fraction of sp³-hybridized carbons (Fsp3) is 0.200. The molecule has 0 amide bonds. The highest BCUT2D eigenvalue weighted by Gasteiger charge is 2.37. The molecule has 3 unspecified atom stereocenters. The average molecular weight is 477 g/mol. The van der Waals surface area contributed by atoms with Gasteiger partial charge in [0.05, 0.1) is 28.4 Å². The molecule has 5 heteroatoms. The normalized spacial score (nSPS) is 24.5. The third-order valence-corrected chi connectivity index (χ3v) is 7.09.